The van der Waals surface area contributed by atoms with Gasteiger partial charge in [-0.1, -0.05) is 36.4 Å². The van der Waals surface area contributed by atoms with Crippen LogP contribution >= 0.6 is 7.26 Å². The molecule has 4 heteroatoms. The highest BCUT2D eigenvalue weighted by Gasteiger charge is 2.45. The van der Waals surface area contributed by atoms with E-state index in [1.807, 2.05) is 50.5 Å². The summed E-state index contributed by atoms with van der Waals surface area (Å²) in [5.74, 6) is 0. The third-order valence-electron chi connectivity index (χ3n) is 4.55. The van der Waals surface area contributed by atoms with Crippen LogP contribution < -0.4 is 20.8 Å². The van der Waals surface area contributed by atoms with Crippen molar-refractivity contribution in [2.75, 3.05) is 25.3 Å². The molecule has 0 aliphatic rings. The second-order valence-electron chi connectivity index (χ2n) is 6.28. The molecule has 0 aliphatic heterocycles. The summed E-state index contributed by atoms with van der Waals surface area (Å²) in [5, 5.41) is 3.63. The van der Waals surface area contributed by atoms with E-state index in [1.54, 1.807) is 6.08 Å². The van der Waals surface area contributed by atoms with Crippen LogP contribution in [0.1, 0.15) is 0 Å². The monoisotopic (exact) mass is 361 g/mol. The van der Waals surface area contributed by atoms with Gasteiger partial charge in [0, 0.05) is 19.8 Å². The minimum atomic E-state index is -2.07. The molecule has 0 aliphatic carbocycles. The van der Waals surface area contributed by atoms with Crippen molar-refractivity contribution in [2.45, 2.75) is 0 Å². The van der Waals surface area contributed by atoms with Gasteiger partial charge in [0.2, 0.25) is 6.08 Å². The van der Waals surface area contributed by atoms with Gasteiger partial charge in [0.15, 0.2) is 6.29 Å². The molecule has 0 amide bonds. The Labute approximate surface area is 155 Å². The molecule has 3 aromatic rings. The Morgan fingerprint density at radius 3 is 1.65 bits per heavy atom. The topological polar surface area (TPSA) is 32.7 Å². The van der Waals surface area contributed by atoms with Crippen molar-refractivity contribution in [2.24, 2.45) is 4.99 Å². The van der Waals surface area contributed by atoms with Crippen molar-refractivity contribution in [1.82, 2.24) is 0 Å². The van der Waals surface area contributed by atoms with Crippen LogP contribution in [0, 0.1) is 0 Å². The standard InChI is InChI=1S/C22H22N2OP/c1-24(2)19-13-15-22(16-14-19)26(18-23-17-25,20-9-5-3-6-10-20)21-11-7-4-8-12-21/h3-16H,18H2,1-2H3/q+1. The molecule has 0 atom stereocenters. The summed E-state index contributed by atoms with van der Waals surface area (Å²) in [6, 6.07) is 29.4. The van der Waals surface area contributed by atoms with Crippen molar-refractivity contribution in [3.05, 3.63) is 84.9 Å². The Bertz CT molecular complexity index is 847. The van der Waals surface area contributed by atoms with Crippen LogP contribution in [0.4, 0.5) is 5.69 Å². The fraction of sp³-hybridized carbons (Fsp3) is 0.136. The molecule has 3 nitrogen and oxygen atoms in total. The molecule has 0 heterocycles. The van der Waals surface area contributed by atoms with Crippen LogP contribution in [0.25, 0.3) is 0 Å². The Kier molecular flexibility index (Phi) is 5.63. The van der Waals surface area contributed by atoms with Crippen LogP contribution in [-0.2, 0) is 4.79 Å². The molecule has 26 heavy (non-hydrogen) atoms. The summed E-state index contributed by atoms with van der Waals surface area (Å²) in [6.45, 7) is 0. The normalized spacial score (nSPS) is 10.8. The van der Waals surface area contributed by atoms with Crippen molar-refractivity contribution >= 4 is 34.9 Å². The van der Waals surface area contributed by atoms with E-state index in [2.05, 4.69) is 58.4 Å². The fourth-order valence-corrected chi connectivity index (χ4v) is 6.87. The van der Waals surface area contributed by atoms with Crippen LogP contribution in [0.5, 0.6) is 0 Å². The maximum atomic E-state index is 11.0. The van der Waals surface area contributed by atoms with Gasteiger partial charge in [-0.05, 0) is 48.5 Å². The van der Waals surface area contributed by atoms with E-state index >= 15 is 0 Å². The maximum Gasteiger partial charge on any atom is 0.238 e. The van der Waals surface area contributed by atoms with Crippen molar-refractivity contribution in [1.29, 1.82) is 0 Å². The van der Waals surface area contributed by atoms with E-state index in [0.29, 0.717) is 6.29 Å². The number of carbonyl (C=O) groups excluding carboxylic acids is 1. The second-order valence-corrected chi connectivity index (χ2v) is 9.73. The van der Waals surface area contributed by atoms with Crippen molar-refractivity contribution < 1.29 is 4.79 Å². The smallest absolute Gasteiger partial charge is 0.238 e. The van der Waals surface area contributed by atoms with Gasteiger partial charge in [-0.15, -0.1) is 0 Å². The number of hydrogen-bond acceptors (Lipinski definition) is 3. The highest BCUT2D eigenvalue weighted by Crippen LogP contribution is 2.55. The van der Waals surface area contributed by atoms with E-state index in [1.165, 1.54) is 15.9 Å². The number of benzene rings is 3. The molecule has 0 unspecified atom stereocenters. The van der Waals surface area contributed by atoms with Crippen LogP contribution in [-0.4, -0.2) is 26.5 Å². The summed E-state index contributed by atoms with van der Waals surface area (Å²) in [5.41, 5.74) is 1.15. The van der Waals surface area contributed by atoms with Crippen LogP contribution in [0.15, 0.2) is 89.9 Å². The lowest BCUT2D eigenvalue weighted by Crippen LogP contribution is -2.33. The Balaban J connectivity index is 2.27. The average Bonchev–Trinajstić information content (AvgIpc) is 2.70. The van der Waals surface area contributed by atoms with Gasteiger partial charge in [-0.2, -0.15) is 4.99 Å². The number of rotatable bonds is 6. The van der Waals surface area contributed by atoms with Gasteiger partial charge in [0.05, 0.1) is 0 Å². The molecule has 0 saturated heterocycles. The molecule has 0 aromatic heterocycles. The first-order chi connectivity index (χ1) is 12.7. The number of isocyanates is 1. The highest BCUT2D eigenvalue weighted by molar-refractivity contribution is 7.95. The van der Waals surface area contributed by atoms with E-state index in [0.717, 1.165) is 5.69 Å². The number of aliphatic imine (C=N–C) groups is 1. The quantitative estimate of drug-likeness (QED) is 0.383. The largest absolute Gasteiger partial charge is 0.378 e. The second kappa shape index (κ2) is 8.10. The van der Waals surface area contributed by atoms with E-state index in [9.17, 15) is 4.79 Å². The summed E-state index contributed by atoms with van der Waals surface area (Å²) in [7, 11) is 1.99. The first-order valence-electron chi connectivity index (χ1n) is 8.49. The average molecular weight is 361 g/mol. The number of nitrogens with zero attached hydrogens (tertiary/aromatic N) is 2. The summed E-state index contributed by atoms with van der Waals surface area (Å²) < 4.78 is 0. The molecule has 0 radical (unpaired) electrons. The molecule has 3 rings (SSSR count). The Morgan fingerprint density at radius 2 is 1.23 bits per heavy atom. The lowest BCUT2D eigenvalue weighted by Gasteiger charge is -2.26. The van der Waals surface area contributed by atoms with Crippen LogP contribution in [0.3, 0.4) is 0 Å². The minimum absolute atomic E-state index is 0.422. The molecule has 3 aromatic carbocycles. The Hall–Kier alpha value is -2.73. The maximum absolute atomic E-state index is 11.0. The zero-order chi connectivity index (χ0) is 18.4. The molecule has 0 spiro atoms. The van der Waals surface area contributed by atoms with Gasteiger partial charge in [-0.25, -0.2) is 4.79 Å². The van der Waals surface area contributed by atoms with Gasteiger partial charge < -0.3 is 4.90 Å². The molecule has 0 bridgehead atoms. The van der Waals surface area contributed by atoms with Gasteiger partial charge >= 0.3 is 0 Å². The molecule has 0 saturated carbocycles. The molecule has 0 fully saturated rings. The number of hydrogen-bond donors (Lipinski definition) is 0. The zero-order valence-electron chi connectivity index (χ0n) is 15.0. The Morgan fingerprint density at radius 1 is 0.769 bits per heavy atom. The van der Waals surface area contributed by atoms with Gasteiger partial charge in [0.1, 0.15) is 23.2 Å². The van der Waals surface area contributed by atoms with Gasteiger partial charge in [-0.3, -0.25) is 0 Å². The molecular formula is C22H22N2OP+. The predicted molar refractivity (Wildman–Crippen MR) is 112 cm³/mol. The van der Waals surface area contributed by atoms with E-state index < -0.39 is 7.26 Å². The number of anilines is 1. The van der Waals surface area contributed by atoms with Crippen molar-refractivity contribution in [3.63, 3.8) is 0 Å². The fourth-order valence-electron chi connectivity index (χ4n) is 3.20. The SMILES string of the molecule is CN(C)c1ccc([P+](CN=C=O)(c2ccccc2)c2ccccc2)cc1. The molecule has 0 N–H and O–H groups in total. The van der Waals surface area contributed by atoms with Crippen molar-refractivity contribution in [3.8, 4) is 0 Å². The highest BCUT2D eigenvalue weighted by atomic mass is 31.2. The van der Waals surface area contributed by atoms with E-state index in [4.69, 9.17) is 0 Å². The zero-order valence-corrected chi connectivity index (χ0v) is 15.9. The molecule has 130 valence electrons. The van der Waals surface area contributed by atoms with Crippen LogP contribution in [0.2, 0.25) is 0 Å². The molecular weight excluding hydrogens is 339 g/mol. The predicted octanol–water partition coefficient (Wildman–Crippen LogP) is 3.34. The first-order valence-corrected chi connectivity index (χ1v) is 10.5. The van der Waals surface area contributed by atoms with E-state index in [-0.39, 0.29) is 0 Å². The van der Waals surface area contributed by atoms with Gasteiger partial charge in [0.25, 0.3) is 0 Å². The third-order valence-corrected chi connectivity index (χ3v) is 8.65. The third kappa shape index (κ3) is 3.46. The lowest BCUT2D eigenvalue weighted by atomic mass is 10.3. The minimum Gasteiger partial charge on any atom is -0.378 e. The lowest BCUT2D eigenvalue weighted by molar-refractivity contribution is 0.564. The summed E-state index contributed by atoms with van der Waals surface area (Å²) >= 11 is 0. The summed E-state index contributed by atoms with van der Waals surface area (Å²) in [4.78, 5) is 17.2. The summed E-state index contributed by atoms with van der Waals surface area (Å²) in [6.07, 6.45) is 2.18. The first kappa shape index (κ1) is 18.1.